The molecule has 0 aromatic rings. The Bertz CT molecular complexity index is 323. The molecule has 0 N–H and O–H groups in total. The van der Waals surface area contributed by atoms with Gasteiger partial charge in [0.15, 0.2) is 0 Å². The molecule has 22 heavy (non-hydrogen) atoms. The zero-order chi connectivity index (χ0) is 16.6. The van der Waals surface area contributed by atoms with E-state index in [1.54, 1.807) is 6.08 Å². The Morgan fingerprint density at radius 1 is 0.864 bits per heavy atom. The zero-order valence-corrected chi connectivity index (χ0v) is 13.9. The van der Waals surface area contributed by atoms with Crippen LogP contribution in [0, 0.1) is 5.92 Å². The van der Waals surface area contributed by atoms with E-state index in [1.165, 1.54) is 57.4 Å². The lowest BCUT2D eigenvalue weighted by Gasteiger charge is -2.14. The third-order valence-corrected chi connectivity index (χ3v) is 3.78. The molecular weight excluding hydrogens is 280 g/mol. The summed E-state index contributed by atoms with van der Waals surface area (Å²) in [4.78, 5) is 21.1. The van der Waals surface area contributed by atoms with E-state index in [9.17, 15) is 19.8 Å². The van der Waals surface area contributed by atoms with Crippen LogP contribution in [0.2, 0.25) is 0 Å². The third-order valence-electron chi connectivity index (χ3n) is 3.78. The highest BCUT2D eigenvalue weighted by molar-refractivity contribution is 5.77. The van der Waals surface area contributed by atoms with Crippen LogP contribution in [-0.4, -0.2) is 11.9 Å². The molecule has 1 unspecified atom stereocenters. The molecule has 0 aromatic heterocycles. The van der Waals surface area contributed by atoms with Crippen LogP contribution in [0.3, 0.4) is 0 Å². The molecule has 0 heterocycles. The summed E-state index contributed by atoms with van der Waals surface area (Å²) >= 11 is 0. The molecule has 0 amide bonds. The minimum Gasteiger partial charge on any atom is -0.550 e. The van der Waals surface area contributed by atoms with E-state index in [2.05, 4.69) is 6.92 Å². The number of rotatable bonds is 15. The highest BCUT2D eigenvalue weighted by Gasteiger charge is 2.05. The Balaban J connectivity index is 3.49. The Morgan fingerprint density at radius 2 is 1.36 bits per heavy atom. The van der Waals surface area contributed by atoms with Gasteiger partial charge in [0.05, 0.1) is 0 Å². The van der Waals surface area contributed by atoms with Crippen LogP contribution < -0.4 is 10.2 Å². The fraction of sp³-hybridized carbons (Fsp3) is 0.778. The van der Waals surface area contributed by atoms with Gasteiger partial charge in [0.1, 0.15) is 0 Å². The van der Waals surface area contributed by atoms with Crippen molar-refractivity contribution in [3.05, 3.63) is 12.2 Å². The van der Waals surface area contributed by atoms with Crippen molar-refractivity contribution in [1.82, 2.24) is 0 Å². The first kappa shape index (κ1) is 20.7. The van der Waals surface area contributed by atoms with Gasteiger partial charge >= 0.3 is 0 Å². The summed E-state index contributed by atoms with van der Waals surface area (Å²) in [6, 6.07) is 0. The first-order valence-corrected chi connectivity index (χ1v) is 8.65. The lowest BCUT2D eigenvalue weighted by molar-refractivity contribution is -0.318. The maximum atomic E-state index is 10.7. The molecule has 0 bridgehead atoms. The van der Waals surface area contributed by atoms with Crippen molar-refractivity contribution in [3.8, 4) is 0 Å². The van der Waals surface area contributed by atoms with Crippen molar-refractivity contribution in [2.45, 2.75) is 84.0 Å². The molecule has 0 saturated heterocycles. The SMILES string of the molecule is CCCCCCCCCCCC/C=C/C(CC(=O)[O-])C(=O)[O-]. The number of carboxylic acid groups (broad SMARTS) is 2. The van der Waals surface area contributed by atoms with E-state index in [-0.39, 0.29) is 0 Å². The Labute approximate surface area is 134 Å². The van der Waals surface area contributed by atoms with Crippen molar-refractivity contribution in [1.29, 1.82) is 0 Å². The monoisotopic (exact) mass is 310 g/mol. The highest BCUT2D eigenvalue weighted by Crippen LogP contribution is 2.12. The average Bonchev–Trinajstić information content (AvgIpc) is 2.46. The predicted molar refractivity (Wildman–Crippen MR) is 83.7 cm³/mol. The fourth-order valence-corrected chi connectivity index (χ4v) is 2.42. The molecule has 4 nitrogen and oxygen atoms in total. The number of carboxylic acids is 2. The molecule has 0 aliphatic carbocycles. The summed E-state index contributed by atoms with van der Waals surface area (Å²) in [5.74, 6) is -3.80. The summed E-state index contributed by atoms with van der Waals surface area (Å²) in [6.45, 7) is 2.22. The zero-order valence-electron chi connectivity index (χ0n) is 13.9. The molecule has 1 atom stereocenters. The van der Waals surface area contributed by atoms with Gasteiger partial charge in [-0.2, -0.15) is 0 Å². The van der Waals surface area contributed by atoms with Crippen molar-refractivity contribution in [2.75, 3.05) is 0 Å². The van der Waals surface area contributed by atoms with E-state index in [0.29, 0.717) is 0 Å². The van der Waals surface area contributed by atoms with Crippen molar-refractivity contribution >= 4 is 11.9 Å². The van der Waals surface area contributed by atoms with Gasteiger partial charge in [-0.3, -0.25) is 0 Å². The van der Waals surface area contributed by atoms with Gasteiger partial charge < -0.3 is 19.8 Å². The van der Waals surface area contributed by atoms with Crippen LogP contribution in [0.25, 0.3) is 0 Å². The second-order valence-corrected chi connectivity index (χ2v) is 5.90. The largest absolute Gasteiger partial charge is 0.550 e. The number of unbranched alkanes of at least 4 members (excludes halogenated alkanes) is 10. The topological polar surface area (TPSA) is 80.3 Å². The maximum Gasteiger partial charge on any atom is 0.0486 e. The summed E-state index contributed by atoms with van der Waals surface area (Å²) in [5, 5.41) is 21.1. The third kappa shape index (κ3) is 13.7. The van der Waals surface area contributed by atoms with E-state index >= 15 is 0 Å². The molecule has 0 saturated carbocycles. The van der Waals surface area contributed by atoms with E-state index in [0.717, 1.165) is 19.3 Å². The number of hydrogen-bond acceptors (Lipinski definition) is 4. The van der Waals surface area contributed by atoms with Gasteiger partial charge in [-0.15, -0.1) is 0 Å². The Hall–Kier alpha value is -1.32. The van der Waals surface area contributed by atoms with Gasteiger partial charge in [-0.05, 0) is 19.3 Å². The van der Waals surface area contributed by atoms with Crippen LogP contribution in [-0.2, 0) is 9.59 Å². The van der Waals surface area contributed by atoms with Gasteiger partial charge in [0.2, 0.25) is 0 Å². The fourth-order valence-electron chi connectivity index (χ4n) is 2.42. The summed E-state index contributed by atoms with van der Waals surface area (Å²) < 4.78 is 0. The van der Waals surface area contributed by atoms with Crippen LogP contribution in [0.5, 0.6) is 0 Å². The molecule has 0 aromatic carbocycles. The molecule has 0 aliphatic heterocycles. The maximum absolute atomic E-state index is 10.7. The molecule has 128 valence electrons. The second-order valence-electron chi connectivity index (χ2n) is 5.90. The van der Waals surface area contributed by atoms with Crippen LogP contribution in [0.1, 0.15) is 84.0 Å². The molecule has 0 rings (SSSR count). The van der Waals surface area contributed by atoms with Gasteiger partial charge in [-0.1, -0.05) is 76.9 Å². The van der Waals surface area contributed by atoms with Crippen LogP contribution in [0.4, 0.5) is 0 Å². The van der Waals surface area contributed by atoms with E-state index in [1.807, 2.05) is 0 Å². The summed E-state index contributed by atoms with van der Waals surface area (Å²) in [6.07, 6.45) is 16.0. The summed E-state index contributed by atoms with van der Waals surface area (Å²) in [7, 11) is 0. The number of aliphatic carboxylic acids is 2. The minimum atomic E-state index is -1.36. The highest BCUT2D eigenvalue weighted by atomic mass is 16.4. The lowest BCUT2D eigenvalue weighted by atomic mass is 10.0. The molecule has 0 radical (unpaired) electrons. The van der Waals surface area contributed by atoms with Gasteiger partial charge in [0.25, 0.3) is 0 Å². The quantitative estimate of drug-likeness (QED) is 0.343. The second kappa shape index (κ2) is 14.6. The summed E-state index contributed by atoms with van der Waals surface area (Å²) in [5.41, 5.74) is 0. The Kier molecular flexibility index (Phi) is 13.7. The lowest BCUT2D eigenvalue weighted by Crippen LogP contribution is -2.35. The average molecular weight is 310 g/mol. The first-order chi connectivity index (χ1) is 10.6. The van der Waals surface area contributed by atoms with Crippen molar-refractivity contribution in [3.63, 3.8) is 0 Å². The first-order valence-electron chi connectivity index (χ1n) is 8.65. The van der Waals surface area contributed by atoms with Crippen molar-refractivity contribution in [2.24, 2.45) is 5.92 Å². The standard InChI is InChI=1S/C18H32O4/c1-2-3-4-5-6-7-8-9-10-11-12-13-14-16(18(21)22)15-17(19)20/h13-14,16H,2-12,15H2,1H3,(H,19,20)(H,21,22)/p-2/b14-13+. The molecule has 0 fully saturated rings. The van der Waals surface area contributed by atoms with E-state index in [4.69, 9.17) is 0 Å². The van der Waals surface area contributed by atoms with Gasteiger partial charge in [0, 0.05) is 17.9 Å². The molecule has 4 heteroatoms. The van der Waals surface area contributed by atoms with Crippen LogP contribution >= 0.6 is 0 Å². The number of carbonyl (C=O) groups excluding carboxylic acids is 2. The van der Waals surface area contributed by atoms with Crippen molar-refractivity contribution < 1.29 is 19.8 Å². The van der Waals surface area contributed by atoms with E-state index < -0.39 is 24.3 Å². The van der Waals surface area contributed by atoms with Gasteiger partial charge in [-0.25, -0.2) is 0 Å². The smallest absolute Gasteiger partial charge is 0.0486 e. The predicted octanol–water partition coefficient (Wildman–Crippen LogP) is 2.36. The number of carbonyl (C=O) groups is 2. The molecule has 0 spiro atoms. The number of allylic oxidation sites excluding steroid dienone is 1. The normalized spacial score (nSPS) is 12.6. The minimum absolute atomic E-state index is 0.517. The number of hydrogen-bond donors (Lipinski definition) is 0. The van der Waals surface area contributed by atoms with Crippen LogP contribution in [0.15, 0.2) is 12.2 Å². The Morgan fingerprint density at radius 3 is 1.82 bits per heavy atom. The molecule has 0 aliphatic rings. The molecular formula is C18H30O4-2.